The minimum Gasteiger partial charge on any atom is -0.478 e. The van der Waals surface area contributed by atoms with Crippen LogP contribution in [-0.4, -0.2) is 11.1 Å². The van der Waals surface area contributed by atoms with E-state index in [0.717, 1.165) is 0 Å². The summed E-state index contributed by atoms with van der Waals surface area (Å²) >= 11 is 5.91. The lowest BCUT2D eigenvalue weighted by Crippen LogP contribution is -2.02. The standard InChI is InChI=1S/C13H10ClFN2O2/c14-9-3-2-8(15)6-11(9)17-12-5-7(13(18)19)1-4-10(12)16/h1-6,17H,16H2,(H,18,19). The zero-order valence-corrected chi connectivity index (χ0v) is 10.4. The van der Waals surface area contributed by atoms with Crippen LogP contribution in [0.4, 0.5) is 21.5 Å². The third kappa shape index (κ3) is 2.95. The summed E-state index contributed by atoms with van der Waals surface area (Å²) in [6.45, 7) is 0. The molecule has 0 bridgehead atoms. The van der Waals surface area contributed by atoms with Crippen molar-refractivity contribution >= 4 is 34.6 Å². The Balaban J connectivity index is 2.40. The molecule has 0 unspecified atom stereocenters. The number of nitrogens with two attached hydrogens (primary N) is 1. The molecule has 0 spiro atoms. The summed E-state index contributed by atoms with van der Waals surface area (Å²) in [5, 5.41) is 12.0. The SMILES string of the molecule is Nc1ccc(C(=O)O)cc1Nc1cc(F)ccc1Cl. The Morgan fingerprint density at radius 2 is 1.95 bits per heavy atom. The van der Waals surface area contributed by atoms with Crippen molar-refractivity contribution < 1.29 is 14.3 Å². The molecule has 6 heteroatoms. The molecule has 0 radical (unpaired) electrons. The van der Waals surface area contributed by atoms with Gasteiger partial charge in [0.25, 0.3) is 0 Å². The van der Waals surface area contributed by atoms with E-state index in [4.69, 9.17) is 22.4 Å². The molecule has 0 amide bonds. The van der Waals surface area contributed by atoms with Gasteiger partial charge < -0.3 is 16.2 Å². The van der Waals surface area contributed by atoms with Gasteiger partial charge in [0.05, 0.1) is 27.6 Å². The second kappa shape index (κ2) is 5.16. The van der Waals surface area contributed by atoms with Crippen LogP contribution in [0.3, 0.4) is 0 Å². The van der Waals surface area contributed by atoms with E-state index in [9.17, 15) is 9.18 Å². The molecule has 98 valence electrons. The first-order valence-corrected chi connectivity index (χ1v) is 5.70. The highest BCUT2D eigenvalue weighted by molar-refractivity contribution is 6.33. The molecule has 2 aromatic rings. The van der Waals surface area contributed by atoms with E-state index in [0.29, 0.717) is 22.1 Å². The van der Waals surface area contributed by atoms with E-state index in [2.05, 4.69) is 5.32 Å². The van der Waals surface area contributed by atoms with Crippen LogP contribution in [0, 0.1) is 5.82 Å². The lowest BCUT2D eigenvalue weighted by atomic mass is 10.1. The summed E-state index contributed by atoms with van der Waals surface area (Å²) in [7, 11) is 0. The number of nitrogens with one attached hydrogen (secondary N) is 1. The number of hydrogen-bond acceptors (Lipinski definition) is 3. The molecular weight excluding hydrogens is 271 g/mol. The van der Waals surface area contributed by atoms with Gasteiger partial charge in [-0.2, -0.15) is 0 Å². The van der Waals surface area contributed by atoms with E-state index in [1.165, 1.54) is 36.4 Å². The number of benzene rings is 2. The van der Waals surface area contributed by atoms with Crippen molar-refractivity contribution in [1.82, 2.24) is 0 Å². The van der Waals surface area contributed by atoms with E-state index in [1.54, 1.807) is 0 Å². The Hall–Kier alpha value is -2.27. The van der Waals surface area contributed by atoms with Crippen molar-refractivity contribution in [1.29, 1.82) is 0 Å². The Bertz CT molecular complexity index is 647. The first kappa shape index (κ1) is 13.2. The second-order valence-electron chi connectivity index (χ2n) is 3.86. The van der Waals surface area contributed by atoms with Gasteiger partial charge >= 0.3 is 5.97 Å². The van der Waals surface area contributed by atoms with Gasteiger partial charge in [-0.25, -0.2) is 9.18 Å². The Morgan fingerprint density at radius 1 is 1.21 bits per heavy atom. The summed E-state index contributed by atoms with van der Waals surface area (Å²) < 4.78 is 13.1. The van der Waals surface area contributed by atoms with Crippen molar-refractivity contribution in [3.63, 3.8) is 0 Å². The second-order valence-corrected chi connectivity index (χ2v) is 4.26. The third-order valence-electron chi connectivity index (χ3n) is 2.50. The highest BCUT2D eigenvalue weighted by Gasteiger charge is 2.09. The fourth-order valence-corrected chi connectivity index (χ4v) is 1.70. The van der Waals surface area contributed by atoms with Crippen LogP contribution in [0.15, 0.2) is 36.4 Å². The number of hydrogen-bond donors (Lipinski definition) is 3. The van der Waals surface area contributed by atoms with E-state index in [-0.39, 0.29) is 5.56 Å². The number of aromatic carboxylic acids is 1. The molecule has 0 saturated carbocycles. The summed E-state index contributed by atoms with van der Waals surface area (Å²) in [6.07, 6.45) is 0. The minimum absolute atomic E-state index is 0.0734. The highest BCUT2D eigenvalue weighted by Crippen LogP contribution is 2.29. The largest absolute Gasteiger partial charge is 0.478 e. The van der Waals surface area contributed by atoms with Crippen LogP contribution in [-0.2, 0) is 0 Å². The number of nitrogen functional groups attached to an aromatic ring is 1. The van der Waals surface area contributed by atoms with Crippen LogP contribution in [0.25, 0.3) is 0 Å². The quantitative estimate of drug-likeness (QED) is 0.752. The molecule has 2 aromatic carbocycles. The molecule has 19 heavy (non-hydrogen) atoms. The van der Waals surface area contributed by atoms with Crippen molar-refractivity contribution in [2.24, 2.45) is 0 Å². The van der Waals surface area contributed by atoms with Crippen LogP contribution in [0.5, 0.6) is 0 Å². The maximum absolute atomic E-state index is 13.1. The molecular formula is C13H10ClFN2O2. The molecule has 0 aromatic heterocycles. The van der Waals surface area contributed by atoms with Gasteiger partial charge in [-0.3, -0.25) is 0 Å². The van der Waals surface area contributed by atoms with Crippen LogP contribution >= 0.6 is 11.6 Å². The number of halogens is 2. The summed E-state index contributed by atoms with van der Waals surface area (Å²) in [6, 6.07) is 8.03. The molecule has 0 fully saturated rings. The first-order valence-electron chi connectivity index (χ1n) is 5.32. The average molecular weight is 281 g/mol. The molecule has 0 aliphatic heterocycles. The van der Waals surface area contributed by atoms with Crippen molar-refractivity contribution in [3.05, 3.63) is 52.8 Å². The van der Waals surface area contributed by atoms with E-state index < -0.39 is 11.8 Å². The third-order valence-corrected chi connectivity index (χ3v) is 2.83. The van der Waals surface area contributed by atoms with Gasteiger partial charge in [-0.15, -0.1) is 0 Å². The molecule has 0 heterocycles. The van der Waals surface area contributed by atoms with Crippen molar-refractivity contribution in [2.75, 3.05) is 11.1 Å². The summed E-state index contributed by atoms with van der Waals surface area (Å²) in [5.74, 6) is -1.53. The van der Waals surface area contributed by atoms with Crippen LogP contribution in [0.2, 0.25) is 5.02 Å². The molecule has 4 nitrogen and oxygen atoms in total. The van der Waals surface area contributed by atoms with Crippen LogP contribution in [0.1, 0.15) is 10.4 Å². The van der Waals surface area contributed by atoms with Crippen molar-refractivity contribution in [3.8, 4) is 0 Å². The lowest BCUT2D eigenvalue weighted by Gasteiger charge is -2.11. The van der Waals surface area contributed by atoms with Gasteiger partial charge in [-0.05, 0) is 36.4 Å². The van der Waals surface area contributed by atoms with E-state index >= 15 is 0 Å². The Kier molecular flexibility index (Phi) is 3.57. The van der Waals surface area contributed by atoms with Crippen molar-refractivity contribution in [2.45, 2.75) is 0 Å². The zero-order valence-electron chi connectivity index (χ0n) is 9.65. The molecule has 0 aliphatic carbocycles. The normalized spacial score (nSPS) is 10.2. The Morgan fingerprint density at radius 3 is 2.63 bits per heavy atom. The lowest BCUT2D eigenvalue weighted by molar-refractivity contribution is 0.0697. The fraction of sp³-hybridized carbons (Fsp3) is 0. The molecule has 2 rings (SSSR count). The fourth-order valence-electron chi connectivity index (χ4n) is 1.54. The average Bonchev–Trinajstić information content (AvgIpc) is 2.36. The maximum atomic E-state index is 13.1. The highest BCUT2D eigenvalue weighted by atomic mass is 35.5. The van der Waals surface area contributed by atoms with E-state index in [1.807, 2.05) is 0 Å². The number of carbonyl (C=O) groups is 1. The molecule has 0 aliphatic rings. The first-order chi connectivity index (χ1) is 8.97. The molecule has 0 saturated heterocycles. The molecule has 4 N–H and O–H groups in total. The summed E-state index contributed by atoms with van der Waals surface area (Å²) in [5.41, 5.74) is 6.81. The predicted octanol–water partition coefficient (Wildman–Crippen LogP) is 3.50. The topological polar surface area (TPSA) is 75.4 Å². The maximum Gasteiger partial charge on any atom is 0.335 e. The van der Waals surface area contributed by atoms with Gasteiger partial charge in [0.1, 0.15) is 5.82 Å². The zero-order chi connectivity index (χ0) is 14.0. The van der Waals surface area contributed by atoms with Crippen LogP contribution < -0.4 is 11.1 Å². The van der Waals surface area contributed by atoms with Gasteiger partial charge in [0.2, 0.25) is 0 Å². The van der Waals surface area contributed by atoms with Gasteiger partial charge in [-0.1, -0.05) is 11.6 Å². The minimum atomic E-state index is -1.08. The Labute approximate surface area is 113 Å². The number of anilines is 3. The number of carboxylic acid groups (broad SMARTS) is 1. The number of carboxylic acids is 1. The molecule has 0 atom stereocenters. The summed E-state index contributed by atoms with van der Waals surface area (Å²) in [4.78, 5) is 10.9. The number of rotatable bonds is 3. The van der Waals surface area contributed by atoms with Gasteiger partial charge in [0, 0.05) is 0 Å². The van der Waals surface area contributed by atoms with Gasteiger partial charge in [0.15, 0.2) is 0 Å². The smallest absolute Gasteiger partial charge is 0.335 e. The predicted molar refractivity (Wildman–Crippen MR) is 72.5 cm³/mol. The monoisotopic (exact) mass is 280 g/mol.